The number of aryl methyl sites for hydroxylation is 1. The fourth-order valence-electron chi connectivity index (χ4n) is 3.45. The van der Waals surface area contributed by atoms with Crippen molar-refractivity contribution in [2.24, 2.45) is 5.92 Å². The lowest BCUT2D eigenvalue weighted by Gasteiger charge is -2.28. The fourth-order valence-corrected chi connectivity index (χ4v) is 3.45. The molecule has 0 aliphatic carbocycles. The van der Waals surface area contributed by atoms with E-state index in [1.54, 1.807) is 6.07 Å². The van der Waals surface area contributed by atoms with Gasteiger partial charge in [-0.05, 0) is 25.5 Å². The van der Waals surface area contributed by atoms with E-state index in [0.29, 0.717) is 12.2 Å². The van der Waals surface area contributed by atoms with E-state index in [-0.39, 0.29) is 17.5 Å². The first-order valence-corrected chi connectivity index (χ1v) is 8.60. The number of ether oxygens (including phenoxy) is 1. The zero-order valence-electron chi connectivity index (χ0n) is 14.3. The average Bonchev–Trinajstić information content (AvgIpc) is 2.55. The third kappa shape index (κ3) is 3.67. The summed E-state index contributed by atoms with van der Waals surface area (Å²) in [5.74, 6) is -0.0493. The second-order valence-electron chi connectivity index (χ2n) is 6.54. The van der Waals surface area contributed by atoms with Crippen LogP contribution in [-0.4, -0.2) is 25.7 Å². The first kappa shape index (κ1) is 16.7. The topological polar surface area (TPSA) is 61.0 Å². The quantitative estimate of drug-likeness (QED) is 0.681. The second-order valence-corrected chi connectivity index (χ2v) is 6.54. The van der Waals surface area contributed by atoms with E-state index in [2.05, 4.69) is 0 Å². The number of rotatable bonds is 4. The molecule has 0 atom stereocenters. The van der Waals surface area contributed by atoms with E-state index in [9.17, 15) is 9.59 Å². The van der Waals surface area contributed by atoms with Crippen LogP contribution < -0.4 is 10.5 Å². The number of piperidine rings is 1. The van der Waals surface area contributed by atoms with E-state index < -0.39 is 0 Å². The number of carbonyl (C=O) groups excluding carboxylic acids is 1. The van der Waals surface area contributed by atoms with Gasteiger partial charge in [-0.25, -0.2) is 4.79 Å². The highest BCUT2D eigenvalue weighted by Crippen LogP contribution is 2.18. The van der Waals surface area contributed by atoms with Gasteiger partial charge < -0.3 is 14.1 Å². The van der Waals surface area contributed by atoms with Crippen molar-refractivity contribution < 1.29 is 18.8 Å². The summed E-state index contributed by atoms with van der Waals surface area (Å²) in [6.45, 7) is 6.87. The van der Waals surface area contributed by atoms with Crippen LogP contribution in [0.5, 0.6) is 0 Å². The summed E-state index contributed by atoms with van der Waals surface area (Å²) in [7, 11) is 0. The van der Waals surface area contributed by atoms with Crippen molar-refractivity contribution in [1.29, 1.82) is 0 Å². The minimum Gasteiger partial charge on any atom is -0.466 e. The van der Waals surface area contributed by atoms with Crippen LogP contribution in [0.25, 0.3) is 11.0 Å². The molecule has 0 amide bonds. The number of hydrogen-bond acceptors (Lipinski definition) is 4. The van der Waals surface area contributed by atoms with Crippen molar-refractivity contribution in [3.63, 3.8) is 0 Å². The molecule has 0 unspecified atom stereocenters. The molecule has 1 aromatic carbocycles. The highest BCUT2D eigenvalue weighted by atomic mass is 16.5. The van der Waals surface area contributed by atoms with Gasteiger partial charge in [0.1, 0.15) is 12.1 Å². The van der Waals surface area contributed by atoms with Crippen LogP contribution in [0.15, 0.2) is 33.5 Å². The monoisotopic (exact) mass is 330 g/mol. The SMILES string of the molecule is CCOC(=O)C1CC[NH+](Cc2cc(=O)oc3cc(C)ccc23)CC1. The number of fused-ring (bicyclic) bond motifs is 1. The van der Waals surface area contributed by atoms with Crippen LogP contribution in [0.4, 0.5) is 0 Å². The maximum absolute atomic E-state index is 11.8. The van der Waals surface area contributed by atoms with Crippen LogP contribution in [-0.2, 0) is 16.1 Å². The third-order valence-electron chi connectivity index (χ3n) is 4.74. The molecule has 0 radical (unpaired) electrons. The van der Waals surface area contributed by atoms with Crippen molar-refractivity contribution in [3.8, 4) is 0 Å². The molecule has 128 valence electrons. The average molecular weight is 330 g/mol. The summed E-state index contributed by atoms with van der Waals surface area (Å²) in [4.78, 5) is 25.1. The molecule has 5 heteroatoms. The lowest BCUT2D eigenvalue weighted by atomic mass is 9.96. The van der Waals surface area contributed by atoms with Gasteiger partial charge in [0.05, 0.1) is 25.6 Å². The summed E-state index contributed by atoms with van der Waals surface area (Å²) in [5.41, 5.74) is 2.44. The molecule has 0 spiro atoms. The Hall–Kier alpha value is -2.14. The molecule has 0 saturated carbocycles. The number of nitrogens with one attached hydrogen (secondary N) is 1. The Morgan fingerprint density at radius 2 is 2.04 bits per heavy atom. The Morgan fingerprint density at radius 1 is 1.29 bits per heavy atom. The molecule has 1 aromatic heterocycles. The van der Waals surface area contributed by atoms with Gasteiger partial charge in [0, 0.05) is 29.9 Å². The fraction of sp³-hybridized carbons (Fsp3) is 0.474. The first-order valence-electron chi connectivity index (χ1n) is 8.60. The van der Waals surface area contributed by atoms with Gasteiger partial charge in [-0.3, -0.25) is 4.79 Å². The molecular weight excluding hydrogens is 306 g/mol. The summed E-state index contributed by atoms with van der Waals surface area (Å²) in [5, 5.41) is 1.00. The van der Waals surface area contributed by atoms with E-state index in [1.807, 2.05) is 32.0 Å². The second kappa shape index (κ2) is 7.18. The highest BCUT2D eigenvalue weighted by molar-refractivity contribution is 5.80. The van der Waals surface area contributed by atoms with Gasteiger partial charge in [-0.2, -0.15) is 0 Å². The molecule has 2 aromatic rings. The van der Waals surface area contributed by atoms with Gasteiger partial charge in [0.2, 0.25) is 0 Å². The molecule has 1 saturated heterocycles. The maximum Gasteiger partial charge on any atom is 0.336 e. The largest absolute Gasteiger partial charge is 0.466 e. The summed E-state index contributed by atoms with van der Waals surface area (Å²) >= 11 is 0. The molecule has 5 nitrogen and oxygen atoms in total. The van der Waals surface area contributed by atoms with Crippen molar-refractivity contribution in [3.05, 3.63) is 45.8 Å². The van der Waals surface area contributed by atoms with Crippen LogP contribution in [0, 0.1) is 12.8 Å². The van der Waals surface area contributed by atoms with Crippen molar-refractivity contribution in [2.75, 3.05) is 19.7 Å². The Kier molecular flexibility index (Phi) is 5.00. The smallest absolute Gasteiger partial charge is 0.336 e. The lowest BCUT2D eigenvalue weighted by Crippen LogP contribution is -3.11. The Bertz CT molecular complexity index is 788. The first-order chi connectivity index (χ1) is 11.6. The van der Waals surface area contributed by atoms with Crippen molar-refractivity contribution >= 4 is 16.9 Å². The van der Waals surface area contributed by atoms with Gasteiger partial charge in [0.15, 0.2) is 0 Å². The molecule has 3 rings (SSSR count). The summed E-state index contributed by atoms with van der Waals surface area (Å²) in [6.07, 6.45) is 1.68. The maximum atomic E-state index is 11.8. The summed E-state index contributed by atoms with van der Waals surface area (Å²) < 4.78 is 10.4. The molecule has 1 N–H and O–H groups in total. The van der Waals surface area contributed by atoms with E-state index in [1.165, 1.54) is 4.90 Å². The van der Waals surface area contributed by atoms with Gasteiger partial charge >= 0.3 is 11.6 Å². The van der Waals surface area contributed by atoms with E-state index in [4.69, 9.17) is 9.15 Å². The Labute approximate surface area is 141 Å². The predicted octanol–water partition coefficient (Wildman–Crippen LogP) is 1.46. The zero-order chi connectivity index (χ0) is 17.1. The third-order valence-corrected chi connectivity index (χ3v) is 4.74. The van der Waals surface area contributed by atoms with E-state index >= 15 is 0 Å². The molecular formula is C19H24NO4+. The van der Waals surface area contributed by atoms with Crippen molar-refractivity contribution in [2.45, 2.75) is 33.2 Å². The number of benzene rings is 1. The zero-order valence-corrected chi connectivity index (χ0v) is 14.3. The van der Waals surface area contributed by atoms with Gasteiger partial charge in [-0.1, -0.05) is 12.1 Å². The van der Waals surface area contributed by atoms with Gasteiger partial charge in [0.25, 0.3) is 0 Å². The van der Waals surface area contributed by atoms with Crippen LogP contribution in [0.2, 0.25) is 0 Å². The molecule has 2 heterocycles. The van der Waals surface area contributed by atoms with Crippen LogP contribution in [0.3, 0.4) is 0 Å². The standard InChI is InChI=1S/C19H23NO4/c1-3-23-19(22)14-6-8-20(9-7-14)12-15-11-18(21)24-17-10-13(2)4-5-16(15)17/h4-5,10-11,14H,3,6-9,12H2,1-2H3/p+1. The summed E-state index contributed by atoms with van der Waals surface area (Å²) in [6, 6.07) is 7.56. The number of quaternary nitrogens is 1. The number of esters is 1. The highest BCUT2D eigenvalue weighted by Gasteiger charge is 2.28. The Balaban J connectivity index is 1.72. The van der Waals surface area contributed by atoms with Crippen molar-refractivity contribution in [1.82, 2.24) is 0 Å². The molecule has 1 fully saturated rings. The lowest BCUT2D eigenvalue weighted by molar-refractivity contribution is -0.919. The normalized spacial score (nSPS) is 20.9. The van der Waals surface area contributed by atoms with Crippen LogP contribution in [0.1, 0.15) is 30.9 Å². The number of hydrogen-bond donors (Lipinski definition) is 1. The molecule has 1 aliphatic rings. The minimum absolute atomic E-state index is 0.0222. The molecule has 24 heavy (non-hydrogen) atoms. The Morgan fingerprint density at radius 3 is 2.75 bits per heavy atom. The molecule has 0 bridgehead atoms. The van der Waals surface area contributed by atoms with E-state index in [0.717, 1.165) is 49.0 Å². The number of carbonyl (C=O) groups is 1. The van der Waals surface area contributed by atoms with Crippen LogP contribution >= 0.6 is 0 Å². The van der Waals surface area contributed by atoms with Gasteiger partial charge in [-0.15, -0.1) is 0 Å². The minimum atomic E-state index is -0.302. The predicted molar refractivity (Wildman–Crippen MR) is 91.0 cm³/mol. The number of likely N-dealkylation sites (tertiary alicyclic amines) is 1. The molecule has 1 aliphatic heterocycles.